The summed E-state index contributed by atoms with van der Waals surface area (Å²) in [6.45, 7) is 1.99. The fourth-order valence-corrected chi connectivity index (χ4v) is 1.98. The highest BCUT2D eigenvalue weighted by molar-refractivity contribution is 9.10. The molecule has 1 atom stereocenters. The summed E-state index contributed by atoms with van der Waals surface area (Å²) in [5.41, 5.74) is 6.28. The predicted octanol–water partition coefficient (Wildman–Crippen LogP) is 3.17. The largest absolute Gasteiger partial charge is 0.323 e. The van der Waals surface area contributed by atoms with Crippen LogP contribution in [0.1, 0.15) is 19.8 Å². The Kier molecular flexibility index (Phi) is 5.25. The summed E-state index contributed by atoms with van der Waals surface area (Å²) in [5.74, 6) is -0.203. The SMILES string of the molecule is CCC[C@H](N)C(=O)Nc1ccc(Br)cc1Cl. The number of carbonyl (C=O) groups excluding carboxylic acids is 1. The Morgan fingerprint density at radius 2 is 2.31 bits per heavy atom. The van der Waals surface area contributed by atoms with Gasteiger partial charge in [0.2, 0.25) is 5.91 Å². The van der Waals surface area contributed by atoms with Crippen molar-refractivity contribution in [1.29, 1.82) is 0 Å². The van der Waals surface area contributed by atoms with Crippen molar-refractivity contribution in [2.45, 2.75) is 25.8 Å². The van der Waals surface area contributed by atoms with E-state index < -0.39 is 6.04 Å². The van der Waals surface area contributed by atoms with E-state index in [2.05, 4.69) is 21.2 Å². The summed E-state index contributed by atoms with van der Waals surface area (Å²) >= 11 is 9.26. The molecule has 0 aliphatic carbocycles. The Labute approximate surface area is 108 Å². The molecule has 5 heteroatoms. The van der Waals surface area contributed by atoms with Crippen molar-refractivity contribution in [2.24, 2.45) is 5.73 Å². The molecule has 3 nitrogen and oxygen atoms in total. The first-order valence-electron chi connectivity index (χ1n) is 5.06. The lowest BCUT2D eigenvalue weighted by Crippen LogP contribution is -2.35. The molecule has 0 saturated heterocycles. The van der Waals surface area contributed by atoms with Gasteiger partial charge in [-0.25, -0.2) is 0 Å². The first kappa shape index (κ1) is 13.5. The third kappa shape index (κ3) is 3.77. The van der Waals surface area contributed by atoms with E-state index in [9.17, 15) is 4.79 Å². The lowest BCUT2D eigenvalue weighted by Gasteiger charge is -2.12. The number of amides is 1. The fourth-order valence-electron chi connectivity index (χ4n) is 1.26. The topological polar surface area (TPSA) is 55.1 Å². The molecule has 88 valence electrons. The number of carbonyl (C=O) groups is 1. The monoisotopic (exact) mass is 304 g/mol. The Balaban J connectivity index is 2.69. The van der Waals surface area contributed by atoms with E-state index in [4.69, 9.17) is 17.3 Å². The van der Waals surface area contributed by atoms with Crippen molar-refractivity contribution < 1.29 is 4.79 Å². The predicted molar refractivity (Wildman–Crippen MR) is 70.7 cm³/mol. The van der Waals surface area contributed by atoms with Gasteiger partial charge in [0.05, 0.1) is 16.8 Å². The van der Waals surface area contributed by atoms with Crippen LogP contribution >= 0.6 is 27.5 Å². The Morgan fingerprint density at radius 1 is 1.62 bits per heavy atom. The first-order valence-corrected chi connectivity index (χ1v) is 6.23. The minimum Gasteiger partial charge on any atom is -0.323 e. The van der Waals surface area contributed by atoms with Crippen molar-refractivity contribution >= 4 is 39.1 Å². The number of anilines is 1. The maximum absolute atomic E-state index is 11.6. The number of nitrogens with two attached hydrogens (primary N) is 1. The minimum absolute atomic E-state index is 0.203. The summed E-state index contributed by atoms with van der Waals surface area (Å²) in [5, 5.41) is 3.20. The second-order valence-corrected chi connectivity index (χ2v) is 4.83. The highest BCUT2D eigenvalue weighted by atomic mass is 79.9. The van der Waals surface area contributed by atoms with Crippen LogP contribution in [0.15, 0.2) is 22.7 Å². The molecule has 0 aliphatic heterocycles. The van der Waals surface area contributed by atoms with E-state index in [1.54, 1.807) is 12.1 Å². The molecule has 16 heavy (non-hydrogen) atoms. The van der Waals surface area contributed by atoms with Gasteiger partial charge in [-0.15, -0.1) is 0 Å². The zero-order valence-electron chi connectivity index (χ0n) is 8.97. The molecule has 0 aliphatic rings. The van der Waals surface area contributed by atoms with Crippen LogP contribution in [0.4, 0.5) is 5.69 Å². The lowest BCUT2D eigenvalue weighted by molar-refractivity contribution is -0.117. The average molecular weight is 306 g/mol. The molecule has 1 aromatic carbocycles. The highest BCUT2D eigenvalue weighted by Crippen LogP contribution is 2.25. The van der Waals surface area contributed by atoms with Gasteiger partial charge in [0.25, 0.3) is 0 Å². The molecule has 1 aromatic rings. The smallest absolute Gasteiger partial charge is 0.241 e. The number of hydrogen-bond donors (Lipinski definition) is 2. The summed E-state index contributed by atoms with van der Waals surface area (Å²) in [4.78, 5) is 11.6. The van der Waals surface area contributed by atoms with Crippen LogP contribution in [0, 0.1) is 0 Å². The van der Waals surface area contributed by atoms with Crippen molar-refractivity contribution in [3.8, 4) is 0 Å². The van der Waals surface area contributed by atoms with Crippen molar-refractivity contribution in [2.75, 3.05) is 5.32 Å². The van der Waals surface area contributed by atoms with Crippen LogP contribution in [-0.2, 0) is 4.79 Å². The van der Waals surface area contributed by atoms with Crippen LogP contribution < -0.4 is 11.1 Å². The highest BCUT2D eigenvalue weighted by Gasteiger charge is 2.13. The molecule has 0 unspecified atom stereocenters. The normalized spacial score (nSPS) is 12.2. The lowest BCUT2D eigenvalue weighted by atomic mass is 10.1. The van der Waals surface area contributed by atoms with Gasteiger partial charge in [-0.3, -0.25) is 4.79 Å². The maximum atomic E-state index is 11.6. The summed E-state index contributed by atoms with van der Waals surface area (Å²) in [6, 6.07) is 4.79. The number of hydrogen-bond acceptors (Lipinski definition) is 2. The average Bonchev–Trinajstić information content (AvgIpc) is 2.22. The van der Waals surface area contributed by atoms with Gasteiger partial charge in [0, 0.05) is 4.47 Å². The van der Waals surface area contributed by atoms with Crippen LogP contribution in [0.25, 0.3) is 0 Å². The second kappa shape index (κ2) is 6.23. The molecule has 1 rings (SSSR count). The maximum Gasteiger partial charge on any atom is 0.241 e. The van der Waals surface area contributed by atoms with E-state index in [1.807, 2.05) is 13.0 Å². The standard InChI is InChI=1S/C11H14BrClN2O/c1-2-3-9(14)11(16)15-10-5-4-7(12)6-8(10)13/h4-6,9H,2-3,14H2,1H3,(H,15,16)/t9-/m0/s1. The van der Waals surface area contributed by atoms with Crippen molar-refractivity contribution in [1.82, 2.24) is 0 Å². The third-order valence-electron chi connectivity index (χ3n) is 2.13. The van der Waals surface area contributed by atoms with E-state index in [-0.39, 0.29) is 5.91 Å². The van der Waals surface area contributed by atoms with E-state index in [0.29, 0.717) is 17.1 Å². The number of halogens is 2. The Morgan fingerprint density at radius 3 is 2.88 bits per heavy atom. The quantitative estimate of drug-likeness (QED) is 0.897. The van der Waals surface area contributed by atoms with Crippen LogP contribution in [0.2, 0.25) is 5.02 Å². The molecular formula is C11H14BrClN2O. The van der Waals surface area contributed by atoms with Gasteiger partial charge in [-0.05, 0) is 24.6 Å². The molecule has 0 saturated carbocycles. The Bertz CT molecular complexity index is 384. The van der Waals surface area contributed by atoms with E-state index in [1.165, 1.54) is 0 Å². The summed E-state index contributed by atoms with van der Waals surface area (Å²) in [6.07, 6.45) is 1.54. The molecule has 0 radical (unpaired) electrons. The second-order valence-electron chi connectivity index (χ2n) is 3.51. The van der Waals surface area contributed by atoms with Gasteiger partial charge < -0.3 is 11.1 Å². The van der Waals surface area contributed by atoms with Crippen LogP contribution in [0.3, 0.4) is 0 Å². The molecule has 0 bridgehead atoms. The first-order chi connectivity index (χ1) is 7.54. The molecule has 0 heterocycles. The molecule has 1 amide bonds. The number of benzene rings is 1. The van der Waals surface area contributed by atoms with E-state index in [0.717, 1.165) is 10.9 Å². The summed E-state index contributed by atoms with van der Waals surface area (Å²) in [7, 11) is 0. The molecular weight excluding hydrogens is 291 g/mol. The molecule has 0 spiro atoms. The van der Waals surface area contributed by atoms with Gasteiger partial charge in [-0.1, -0.05) is 40.9 Å². The number of nitrogens with one attached hydrogen (secondary N) is 1. The zero-order valence-corrected chi connectivity index (χ0v) is 11.3. The summed E-state index contributed by atoms with van der Waals surface area (Å²) < 4.78 is 0.869. The molecule has 0 fully saturated rings. The molecule has 3 N–H and O–H groups in total. The minimum atomic E-state index is -0.482. The van der Waals surface area contributed by atoms with Gasteiger partial charge in [0.1, 0.15) is 0 Å². The van der Waals surface area contributed by atoms with Crippen LogP contribution in [-0.4, -0.2) is 11.9 Å². The van der Waals surface area contributed by atoms with Crippen molar-refractivity contribution in [3.05, 3.63) is 27.7 Å². The Hall–Kier alpha value is -0.580. The number of rotatable bonds is 4. The van der Waals surface area contributed by atoms with Gasteiger partial charge in [-0.2, -0.15) is 0 Å². The fraction of sp³-hybridized carbons (Fsp3) is 0.364. The van der Waals surface area contributed by atoms with Crippen molar-refractivity contribution in [3.63, 3.8) is 0 Å². The third-order valence-corrected chi connectivity index (χ3v) is 2.93. The molecule has 0 aromatic heterocycles. The van der Waals surface area contributed by atoms with Gasteiger partial charge >= 0.3 is 0 Å². The van der Waals surface area contributed by atoms with Gasteiger partial charge in [0.15, 0.2) is 0 Å². The van der Waals surface area contributed by atoms with E-state index >= 15 is 0 Å². The van der Waals surface area contributed by atoms with Crippen LogP contribution in [0.5, 0.6) is 0 Å². The zero-order chi connectivity index (χ0) is 12.1.